The molecule has 0 unspecified atom stereocenters. The molecule has 2 heteroatoms. The molecule has 21 heavy (non-hydrogen) atoms. The Bertz CT molecular complexity index is 474. The number of amidine groups is 1. The van der Waals surface area contributed by atoms with Crippen LogP contribution in [0.3, 0.4) is 0 Å². The molecule has 2 rings (SSSR count). The lowest BCUT2D eigenvalue weighted by molar-refractivity contribution is 0.362. The van der Waals surface area contributed by atoms with Crippen molar-refractivity contribution in [1.82, 2.24) is 4.90 Å². The highest BCUT2D eigenvalue weighted by Crippen LogP contribution is 2.24. The van der Waals surface area contributed by atoms with Crippen molar-refractivity contribution in [3.63, 3.8) is 0 Å². The van der Waals surface area contributed by atoms with Crippen LogP contribution in [0.5, 0.6) is 0 Å². The van der Waals surface area contributed by atoms with Crippen molar-refractivity contribution >= 4 is 5.84 Å². The Balaban J connectivity index is 0.000000270. The van der Waals surface area contributed by atoms with E-state index in [9.17, 15) is 0 Å². The summed E-state index contributed by atoms with van der Waals surface area (Å²) in [5.74, 6) is 0.793. The molecule has 0 bridgehead atoms. The number of nitrogens with one attached hydrogen (secondary N) is 1. The normalized spacial score (nSPS) is 15.8. The first-order chi connectivity index (χ1) is 10.1. The highest BCUT2D eigenvalue weighted by Gasteiger charge is 2.22. The van der Waals surface area contributed by atoms with Crippen molar-refractivity contribution in [3.8, 4) is 0 Å². The van der Waals surface area contributed by atoms with Crippen molar-refractivity contribution in [2.45, 2.75) is 46.1 Å². The van der Waals surface area contributed by atoms with Gasteiger partial charge in [0.2, 0.25) is 0 Å². The second kappa shape index (κ2) is 9.17. The summed E-state index contributed by atoms with van der Waals surface area (Å²) in [6.45, 7) is 11.1. The van der Waals surface area contributed by atoms with Gasteiger partial charge in [-0.05, 0) is 32.3 Å². The van der Waals surface area contributed by atoms with E-state index in [1.807, 2.05) is 25.1 Å². The standard InChI is InChI=1S/C12H16N2.C7H12/c1-10(11-6-3-2-4-7-11)14-9-5-8-12(14)13;1-4-6-7(3)5-2/h2-4,6-7,10,13H,5,8-9H2,1H3;4,6H,3,5H2,1-2H3/b;6-4-/t10-;/m0./s1. The van der Waals surface area contributed by atoms with E-state index in [4.69, 9.17) is 5.41 Å². The van der Waals surface area contributed by atoms with E-state index >= 15 is 0 Å². The predicted octanol–water partition coefficient (Wildman–Crippen LogP) is 5.35. The Hall–Kier alpha value is -1.83. The van der Waals surface area contributed by atoms with Crippen LogP contribution < -0.4 is 0 Å². The quantitative estimate of drug-likeness (QED) is 0.741. The van der Waals surface area contributed by atoms with Gasteiger partial charge in [-0.3, -0.25) is 5.41 Å². The van der Waals surface area contributed by atoms with Crippen LogP contribution in [0.25, 0.3) is 0 Å². The maximum absolute atomic E-state index is 7.81. The first-order valence-electron chi connectivity index (χ1n) is 7.79. The number of hydrogen-bond acceptors (Lipinski definition) is 1. The van der Waals surface area contributed by atoms with Crippen LogP contribution in [0.15, 0.2) is 54.6 Å². The fourth-order valence-electron chi connectivity index (χ4n) is 2.39. The smallest absolute Gasteiger partial charge is 0.0963 e. The summed E-state index contributed by atoms with van der Waals surface area (Å²) in [4.78, 5) is 2.19. The van der Waals surface area contributed by atoms with Crippen molar-refractivity contribution in [1.29, 1.82) is 5.41 Å². The fourth-order valence-corrected chi connectivity index (χ4v) is 2.39. The monoisotopic (exact) mass is 284 g/mol. The number of benzene rings is 1. The molecular weight excluding hydrogens is 256 g/mol. The third-order valence-corrected chi connectivity index (χ3v) is 3.77. The third-order valence-electron chi connectivity index (χ3n) is 3.77. The molecule has 0 aromatic heterocycles. The zero-order valence-electron chi connectivity index (χ0n) is 13.6. The van der Waals surface area contributed by atoms with Crippen molar-refractivity contribution < 1.29 is 0 Å². The van der Waals surface area contributed by atoms with Gasteiger partial charge >= 0.3 is 0 Å². The van der Waals surface area contributed by atoms with Crippen LogP contribution in [-0.4, -0.2) is 17.3 Å². The second-order valence-corrected chi connectivity index (χ2v) is 5.34. The van der Waals surface area contributed by atoms with Gasteiger partial charge in [-0.15, -0.1) is 0 Å². The van der Waals surface area contributed by atoms with Gasteiger partial charge in [0.15, 0.2) is 0 Å². The largest absolute Gasteiger partial charge is 0.354 e. The molecule has 0 spiro atoms. The Labute approximate surface area is 129 Å². The molecule has 1 heterocycles. The van der Waals surface area contributed by atoms with Crippen LogP contribution >= 0.6 is 0 Å². The molecule has 1 fully saturated rings. The SMILES string of the molecule is C=C(/C=C\C)CC.C[C@@H](c1ccccc1)N1CCCC1=N. The summed E-state index contributed by atoms with van der Waals surface area (Å²) < 4.78 is 0. The van der Waals surface area contributed by atoms with Crippen LogP contribution in [-0.2, 0) is 0 Å². The topological polar surface area (TPSA) is 27.1 Å². The van der Waals surface area contributed by atoms with Crippen LogP contribution in [0.1, 0.15) is 51.6 Å². The van der Waals surface area contributed by atoms with Crippen molar-refractivity contribution in [3.05, 3.63) is 60.2 Å². The predicted molar refractivity (Wildman–Crippen MR) is 92.8 cm³/mol. The Morgan fingerprint density at radius 2 is 2.05 bits per heavy atom. The highest BCUT2D eigenvalue weighted by atomic mass is 15.2. The zero-order chi connectivity index (χ0) is 15.7. The van der Waals surface area contributed by atoms with E-state index in [0.717, 1.165) is 31.6 Å². The fraction of sp³-hybridized carbons (Fsp3) is 0.421. The maximum atomic E-state index is 7.81. The summed E-state index contributed by atoms with van der Waals surface area (Å²) in [6.07, 6.45) is 7.17. The average molecular weight is 284 g/mol. The summed E-state index contributed by atoms with van der Waals surface area (Å²) in [5, 5.41) is 7.81. The molecule has 0 aliphatic carbocycles. The van der Waals surface area contributed by atoms with Gasteiger partial charge < -0.3 is 4.90 Å². The van der Waals surface area contributed by atoms with E-state index in [2.05, 4.69) is 49.6 Å². The van der Waals surface area contributed by atoms with Crippen molar-refractivity contribution in [2.75, 3.05) is 6.54 Å². The van der Waals surface area contributed by atoms with Gasteiger partial charge in [0.05, 0.1) is 11.9 Å². The van der Waals surface area contributed by atoms with Gasteiger partial charge in [0, 0.05) is 13.0 Å². The minimum atomic E-state index is 0.353. The van der Waals surface area contributed by atoms with Gasteiger partial charge in [0.25, 0.3) is 0 Å². The molecule has 0 amide bonds. The van der Waals surface area contributed by atoms with E-state index in [-0.39, 0.29) is 0 Å². The van der Waals surface area contributed by atoms with Gasteiger partial charge in [-0.1, -0.05) is 61.6 Å². The van der Waals surface area contributed by atoms with Crippen molar-refractivity contribution in [2.24, 2.45) is 0 Å². The molecule has 1 saturated heterocycles. The molecule has 1 aromatic rings. The molecule has 1 atom stereocenters. The first-order valence-corrected chi connectivity index (χ1v) is 7.79. The van der Waals surface area contributed by atoms with E-state index in [0.29, 0.717) is 6.04 Å². The molecule has 1 aromatic carbocycles. The summed E-state index contributed by atoms with van der Waals surface area (Å²) in [7, 11) is 0. The van der Waals surface area contributed by atoms with Gasteiger partial charge in [-0.25, -0.2) is 0 Å². The first kappa shape index (κ1) is 17.2. The Morgan fingerprint density at radius 3 is 2.48 bits per heavy atom. The lowest BCUT2D eigenvalue weighted by atomic mass is 10.1. The van der Waals surface area contributed by atoms with E-state index in [1.54, 1.807) is 0 Å². The zero-order valence-corrected chi connectivity index (χ0v) is 13.6. The van der Waals surface area contributed by atoms with Crippen LogP contribution in [0, 0.1) is 5.41 Å². The molecule has 1 aliphatic rings. The molecular formula is C19H28N2. The molecule has 2 nitrogen and oxygen atoms in total. The minimum Gasteiger partial charge on any atom is -0.354 e. The minimum absolute atomic E-state index is 0.353. The van der Waals surface area contributed by atoms with E-state index in [1.165, 1.54) is 11.1 Å². The summed E-state index contributed by atoms with van der Waals surface area (Å²) >= 11 is 0. The summed E-state index contributed by atoms with van der Waals surface area (Å²) in [5.41, 5.74) is 2.50. The average Bonchev–Trinajstić information content (AvgIpc) is 2.94. The number of allylic oxidation sites excluding steroid dienone is 3. The number of hydrogen-bond donors (Lipinski definition) is 1. The molecule has 1 aliphatic heterocycles. The van der Waals surface area contributed by atoms with Crippen LogP contribution in [0.4, 0.5) is 0 Å². The molecule has 1 N–H and O–H groups in total. The molecule has 0 saturated carbocycles. The summed E-state index contributed by atoms with van der Waals surface area (Å²) in [6, 6.07) is 10.8. The molecule has 114 valence electrons. The Morgan fingerprint density at radius 1 is 1.38 bits per heavy atom. The molecule has 0 radical (unpaired) electrons. The highest BCUT2D eigenvalue weighted by molar-refractivity contribution is 5.81. The lowest BCUT2D eigenvalue weighted by Gasteiger charge is -2.26. The van der Waals surface area contributed by atoms with Gasteiger partial charge in [-0.2, -0.15) is 0 Å². The van der Waals surface area contributed by atoms with Crippen LogP contribution in [0.2, 0.25) is 0 Å². The second-order valence-electron chi connectivity index (χ2n) is 5.34. The van der Waals surface area contributed by atoms with Gasteiger partial charge in [0.1, 0.15) is 0 Å². The lowest BCUT2D eigenvalue weighted by Crippen LogP contribution is -2.27. The number of rotatable bonds is 4. The third kappa shape index (κ3) is 5.58. The van der Waals surface area contributed by atoms with E-state index < -0.39 is 0 Å². The number of likely N-dealkylation sites (tertiary alicyclic amines) is 1. The number of nitrogens with zero attached hydrogens (tertiary/aromatic N) is 1. The maximum Gasteiger partial charge on any atom is 0.0963 e. The Kier molecular flexibility index (Phi) is 7.52.